The van der Waals surface area contributed by atoms with Crippen LogP contribution in [-0.2, 0) is 4.74 Å². The van der Waals surface area contributed by atoms with Crippen LogP contribution in [0.4, 0.5) is 0 Å². The standard InChI is InChI=1S/C9H16OS/c1-9(10-7-8-11)5-3-2-4-6-9/h8H,2-7H2,1H3. The van der Waals surface area contributed by atoms with E-state index in [1.807, 2.05) is 0 Å². The van der Waals surface area contributed by atoms with Gasteiger partial charge >= 0.3 is 0 Å². The van der Waals surface area contributed by atoms with Gasteiger partial charge in [0, 0.05) is 5.37 Å². The second kappa shape index (κ2) is 4.17. The summed E-state index contributed by atoms with van der Waals surface area (Å²) in [7, 11) is 0. The summed E-state index contributed by atoms with van der Waals surface area (Å²) < 4.78 is 5.66. The van der Waals surface area contributed by atoms with Gasteiger partial charge in [-0.2, -0.15) is 0 Å². The molecule has 0 aliphatic heterocycles. The second-order valence-electron chi connectivity index (χ2n) is 3.49. The van der Waals surface area contributed by atoms with Crippen LogP contribution in [0.5, 0.6) is 0 Å². The minimum absolute atomic E-state index is 0.133. The molecular weight excluding hydrogens is 156 g/mol. The van der Waals surface area contributed by atoms with E-state index in [0.717, 1.165) is 0 Å². The quantitative estimate of drug-likeness (QED) is 0.605. The molecule has 2 heteroatoms. The molecule has 0 heterocycles. The van der Waals surface area contributed by atoms with E-state index in [1.54, 1.807) is 5.37 Å². The van der Waals surface area contributed by atoms with Gasteiger partial charge in [-0.25, -0.2) is 0 Å². The first-order valence-corrected chi connectivity index (χ1v) is 4.82. The molecule has 0 aromatic carbocycles. The van der Waals surface area contributed by atoms with E-state index in [1.165, 1.54) is 32.1 Å². The molecule has 1 aliphatic carbocycles. The second-order valence-corrected chi connectivity index (χ2v) is 3.82. The summed E-state index contributed by atoms with van der Waals surface area (Å²) in [5.41, 5.74) is 0.133. The molecule has 64 valence electrons. The Morgan fingerprint density at radius 3 is 2.55 bits per heavy atom. The van der Waals surface area contributed by atoms with Crippen molar-refractivity contribution in [3.05, 3.63) is 0 Å². The molecule has 0 amide bonds. The Balaban J connectivity index is 2.30. The molecule has 1 saturated carbocycles. The van der Waals surface area contributed by atoms with Crippen LogP contribution in [-0.4, -0.2) is 17.6 Å². The smallest absolute Gasteiger partial charge is 0.0757 e. The predicted octanol–water partition coefficient (Wildman–Crippen LogP) is 2.73. The maximum atomic E-state index is 5.66. The highest BCUT2D eigenvalue weighted by atomic mass is 32.1. The zero-order valence-corrected chi connectivity index (χ0v) is 7.95. The van der Waals surface area contributed by atoms with E-state index < -0.39 is 0 Å². The fourth-order valence-corrected chi connectivity index (χ4v) is 1.75. The normalized spacial score (nSPS) is 23.0. The molecule has 0 unspecified atom stereocenters. The lowest BCUT2D eigenvalue weighted by molar-refractivity contribution is -0.0359. The summed E-state index contributed by atoms with van der Waals surface area (Å²) in [5.74, 6) is 0. The molecule has 0 spiro atoms. The van der Waals surface area contributed by atoms with Crippen LogP contribution >= 0.6 is 12.2 Å². The fraction of sp³-hybridized carbons (Fsp3) is 0.889. The van der Waals surface area contributed by atoms with Crippen molar-refractivity contribution in [2.45, 2.75) is 44.6 Å². The van der Waals surface area contributed by atoms with E-state index in [0.29, 0.717) is 6.61 Å². The first kappa shape index (κ1) is 9.14. The Hall–Kier alpha value is 0.0500. The molecule has 1 aliphatic rings. The SMILES string of the molecule is CC1(OCC=S)CCCCC1. The maximum Gasteiger partial charge on any atom is 0.0757 e. The molecule has 0 saturated heterocycles. The van der Waals surface area contributed by atoms with Crippen molar-refractivity contribution >= 4 is 17.6 Å². The average molecular weight is 172 g/mol. The monoisotopic (exact) mass is 172 g/mol. The van der Waals surface area contributed by atoms with Gasteiger partial charge in [0.25, 0.3) is 0 Å². The Kier molecular flexibility index (Phi) is 3.46. The summed E-state index contributed by atoms with van der Waals surface area (Å²) in [4.78, 5) is 0. The third-order valence-corrected chi connectivity index (χ3v) is 2.55. The molecule has 11 heavy (non-hydrogen) atoms. The molecule has 1 rings (SSSR count). The minimum Gasteiger partial charge on any atom is -0.370 e. The van der Waals surface area contributed by atoms with Gasteiger partial charge < -0.3 is 4.74 Å². The van der Waals surface area contributed by atoms with Gasteiger partial charge in [0.1, 0.15) is 0 Å². The summed E-state index contributed by atoms with van der Waals surface area (Å²) in [6.45, 7) is 2.83. The molecule has 1 nitrogen and oxygen atoms in total. The Labute approximate surface area is 74.1 Å². The maximum absolute atomic E-state index is 5.66. The molecule has 0 aromatic heterocycles. The summed E-state index contributed by atoms with van der Waals surface area (Å²) >= 11 is 4.72. The van der Waals surface area contributed by atoms with E-state index >= 15 is 0 Å². The summed E-state index contributed by atoms with van der Waals surface area (Å²) in [6.07, 6.45) is 6.41. The Bertz CT molecular complexity index is 128. The van der Waals surface area contributed by atoms with Crippen LogP contribution in [0, 0.1) is 0 Å². The van der Waals surface area contributed by atoms with E-state index in [-0.39, 0.29) is 5.60 Å². The first-order chi connectivity index (χ1) is 5.27. The molecular formula is C9H16OS. The summed E-state index contributed by atoms with van der Waals surface area (Å²) in [6, 6.07) is 0. The lowest BCUT2D eigenvalue weighted by Crippen LogP contribution is -2.31. The van der Waals surface area contributed by atoms with Crippen molar-refractivity contribution in [2.24, 2.45) is 0 Å². The van der Waals surface area contributed by atoms with Crippen molar-refractivity contribution < 1.29 is 4.74 Å². The van der Waals surface area contributed by atoms with Crippen LogP contribution < -0.4 is 0 Å². The largest absolute Gasteiger partial charge is 0.370 e. The molecule has 0 aromatic rings. The van der Waals surface area contributed by atoms with Crippen molar-refractivity contribution in [1.29, 1.82) is 0 Å². The van der Waals surface area contributed by atoms with Crippen LogP contribution in [0.25, 0.3) is 0 Å². The highest BCUT2D eigenvalue weighted by Gasteiger charge is 2.26. The van der Waals surface area contributed by atoms with Crippen LogP contribution in [0.2, 0.25) is 0 Å². The highest BCUT2D eigenvalue weighted by molar-refractivity contribution is 7.79. The Morgan fingerprint density at radius 2 is 2.00 bits per heavy atom. The van der Waals surface area contributed by atoms with Gasteiger partial charge in [-0.1, -0.05) is 31.5 Å². The molecule has 1 fully saturated rings. The zero-order chi connectivity index (χ0) is 8.16. The molecule has 0 bridgehead atoms. The van der Waals surface area contributed by atoms with Crippen LogP contribution in [0.3, 0.4) is 0 Å². The number of rotatable bonds is 3. The van der Waals surface area contributed by atoms with Gasteiger partial charge in [0.2, 0.25) is 0 Å². The van der Waals surface area contributed by atoms with Crippen LogP contribution in [0.15, 0.2) is 0 Å². The van der Waals surface area contributed by atoms with E-state index in [4.69, 9.17) is 17.0 Å². The first-order valence-electron chi connectivity index (χ1n) is 4.34. The van der Waals surface area contributed by atoms with Gasteiger partial charge in [-0.15, -0.1) is 0 Å². The van der Waals surface area contributed by atoms with E-state index in [2.05, 4.69) is 6.92 Å². The minimum atomic E-state index is 0.133. The predicted molar refractivity (Wildman–Crippen MR) is 51.1 cm³/mol. The number of ether oxygens (including phenoxy) is 1. The third-order valence-electron chi connectivity index (χ3n) is 2.41. The van der Waals surface area contributed by atoms with Crippen LogP contribution in [0.1, 0.15) is 39.0 Å². The van der Waals surface area contributed by atoms with Gasteiger partial charge in [-0.05, 0) is 19.8 Å². The molecule has 0 atom stereocenters. The number of hydrogen-bond donors (Lipinski definition) is 0. The average Bonchev–Trinajstić information content (AvgIpc) is 2.03. The molecule has 0 radical (unpaired) electrons. The van der Waals surface area contributed by atoms with Crippen molar-refractivity contribution in [3.63, 3.8) is 0 Å². The van der Waals surface area contributed by atoms with Gasteiger partial charge in [0.15, 0.2) is 0 Å². The fourth-order valence-electron chi connectivity index (χ4n) is 1.68. The lowest BCUT2D eigenvalue weighted by Gasteiger charge is -2.33. The highest BCUT2D eigenvalue weighted by Crippen LogP contribution is 2.30. The topological polar surface area (TPSA) is 9.23 Å². The van der Waals surface area contributed by atoms with Gasteiger partial charge in [0.05, 0.1) is 12.2 Å². The van der Waals surface area contributed by atoms with Crippen molar-refractivity contribution in [3.8, 4) is 0 Å². The van der Waals surface area contributed by atoms with Crippen molar-refractivity contribution in [1.82, 2.24) is 0 Å². The molecule has 0 N–H and O–H groups in total. The number of thiocarbonyl (C=S) groups is 1. The van der Waals surface area contributed by atoms with Gasteiger partial charge in [-0.3, -0.25) is 0 Å². The Morgan fingerprint density at radius 1 is 1.36 bits per heavy atom. The zero-order valence-electron chi connectivity index (χ0n) is 7.14. The summed E-state index contributed by atoms with van der Waals surface area (Å²) in [5, 5.41) is 1.67. The lowest BCUT2D eigenvalue weighted by atomic mass is 9.86. The third kappa shape index (κ3) is 2.88. The van der Waals surface area contributed by atoms with E-state index in [9.17, 15) is 0 Å². The van der Waals surface area contributed by atoms with Crippen molar-refractivity contribution in [2.75, 3.05) is 6.61 Å². The number of hydrogen-bond acceptors (Lipinski definition) is 2.